The lowest BCUT2D eigenvalue weighted by Crippen LogP contribution is -2.23. The van der Waals surface area contributed by atoms with Crippen LogP contribution in [-0.4, -0.2) is 18.6 Å². The molecule has 0 spiro atoms. The molecule has 1 heterocycles. The van der Waals surface area contributed by atoms with Gasteiger partial charge >= 0.3 is 0 Å². The molecule has 2 aromatic rings. The average Bonchev–Trinajstić information content (AvgIpc) is 2.97. The van der Waals surface area contributed by atoms with Gasteiger partial charge in [-0.1, -0.05) is 19.1 Å². The summed E-state index contributed by atoms with van der Waals surface area (Å²) in [7, 11) is 1.70. The zero-order valence-corrected chi connectivity index (χ0v) is 12.2. The Bertz CT molecular complexity index is 485. The molecule has 0 saturated heterocycles. The van der Waals surface area contributed by atoms with Gasteiger partial charge in [-0.3, -0.25) is 4.98 Å². The third kappa shape index (κ3) is 4.04. The average molecular weight is 276 g/mol. The molecule has 0 fully saturated rings. The lowest BCUT2D eigenvalue weighted by Gasteiger charge is -2.17. The first-order chi connectivity index (χ1) is 9.33. The smallest absolute Gasteiger partial charge is 0.119 e. The van der Waals surface area contributed by atoms with Crippen LogP contribution in [0.25, 0.3) is 0 Å². The van der Waals surface area contributed by atoms with E-state index in [-0.39, 0.29) is 0 Å². The molecule has 0 aliphatic carbocycles. The highest BCUT2D eigenvalue weighted by atomic mass is 32.1. The number of nitrogens with one attached hydrogen (secondary N) is 1. The minimum atomic E-state index is 0.333. The van der Waals surface area contributed by atoms with Gasteiger partial charge in [0.1, 0.15) is 5.75 Å². The molecule has 2 rings (SSSR count). The third-order valence-corrected chi connectivity index (χ3v) is 3.90. The Morgan fingerprint density at radius 1 is 1.42 bits per heavy atom. The predicted molar refractivity (Wildman–Crippen MR) is 79.8 cm³/mol. The Balaban J connectivity index is 2.10. The van der Waals surface area contributed by atoms with Gasteiger partial charge < -0.3 is 10.1 Å². The minimum Gasteiger partial charge on any atom is -0.497 e. The maximum absolute atomic E-state index is 5.28. The fourth-order valence-electron chi connectivity index (χ4n) is 2.02. The number of rotatable bonds is 7. The van der Waals surface area contributed by atoms with Crippen molar-refractivity contribution in [3.63, 3.8) is 0 Å². The molecule has 3 nitrogen and oxygen atoms in total. The van der Waals surface area contributed by atoms with Gasteiger partial charge in [0, 0.05) is 17.1 Å². The second-order valence-electron chi connectivity index (χ2n) is 4.47. The van der Waals surface area contributed by atoms with E-state index in [2.05, 4.69) is 29.4 Å². The zero-order valence-electron chi connectivity index (χ0n) is 11.4. The SMILES string of the molecule is CCCNC(Cc1cccc(OC)c1)c1cncs1. The molecule has 0 aliphatic rings. The Morgan fingerprint density at radius 3 is 3.00 bits per heavy atom. The van der Waals surface area contributed by atoms with Crippen LogP contribution < -0.4 is 10.1 Å². The number of thiazole rings is 1. The van der Waals surface area contributed by atoms with Crippen LogP contribution in [0.15, 0.2) is 36.0 Å². The fourth-order valence-corrected chi connectivity index (χ4v) is 2.72. The van der Waals surface area contributed by atoms with Gasteiger partial charge in [0.15, 0.2) is 0 Å². The van der Waals surface area contributed by atoms with Crippen LogP contribution in [0.1, 0.15) is 29.8 Å². The molecule has 0 aliphatic heterocycles. The molecule has 0 radical (unpaired) electrons. The molecule has 102 valence electrons. The van der Waals surface area contributed by atoms with Crippen LogP contribution in [0.2, 0.25) is 0 Å². The standard InChI is InChI=1S/C15H20N2OS/c1-3-7-17-14(15-10-16-11-19-15)9-12-5-4-6-13(8-12)18-2/h4-6,8,10-11,14,17H,3,7,9H2,1-2H3. The van der Waals surface area contributed by atoms with Crippen molar-refractivity contribution in [3.8, 4) is 5.75 Å². The van der Waals surface area contributed by atoms with Crippen molar-refractivity contribution in [3.05, 3.63) is 46.4 Å². The molecular formula is C15H20N2OS. The van der Waals surface area contributed by atoms with E-state index in [1.807, 2.05) is 23.8 Å². The highest BCUT2D eigenvalue weighted by molar-refractivity contribution is 7.09. The number of nitrogens with zero attached hydrogens (tertiary/aromatic N) is 1. The second kappa shape index (κ2) is 7.26. The van der Waals surface area contributed by atoms with E-state index < -0.39 is 0 Å². The number of hydrogen-bond donors (Lipinski definition) is 1. The summed E-state index contributed by atoms with van der Waals surface area (Å²) in [5, 5.41) is 3.59. The molecule has 0 saturated carbocycles. The first-order valence-corrected chi connectivity index (χ1v) is 7.46. The van der Waals surface area contributed by atoms with Crippen LogP contribution in [-0.2, 0) is 6.42 Å². The van der Waals surface area contributed by atoms with Crippen LogP contribution >= 0.6 is 11.3 Å². The quantitative estimate of drug-likeness (QED) is 0.841. The Morgan fingerprint density at radius 2 is 2.32 bits per heavy atom. The number of ether oxygens (including phenoxy) is 1. The van der Waals surface area contributed by atoms with Gasteiger partial charge in [-0.05, 0) is 37.1 Å². The van der Waals surface area contributed by atoms with Crippen molar-refractivity contribution in [2.75, 3.05) is 13.7 Å². The summed E-state index contributed by atoms with van der Waals surface area (Å²) in [6, 6.07) is 8.59. The number of benzene rings is 1. The van der Waals surface area contributed by atoms with E-state index in [1.54, 1.807) is 18.4 Å². The number of methoxy groups -OCH3 is 1. The highest BCUT2D eigenvalue weighted by Crippen LogP contribution is 2.23. The molecule has 1 N–H and O–H groups in total. The van der Waals surface area contributed by atoms with E-state index in [4.69, 9.17) is 4.74 Å². The van der Waals surface area contributed by atoms with Crippen LogP contribution in [0.5, 0.6) is 5.75 Å². The summed E-state index contributed by atoms with van der Waals surface area (Å²) < 4.78 is 5.28. The summed E-state index contributed by atoms with van der Waals surface area (Å²) >= 11 is 1.71. The Labute approximate surface area is 118 Å². The Kier molecular flexibility index (Phi) is 5.36. The molecule has 1 atom stereocenters. The van der Waals surface area contributed by atoms with E-state index in [1.165, 1.54) is 10.4 Å². The zero-order chi connectivity index (χ0) is 13.5. The summed E-state index contributed by atoms with van der Waals surface area (Å²) in [5.41, 5.74) is 3.17. The van der Waals surface area contributed by atoms with Gasteiger partial charge in [0.2, 0.25) is 0 Å². The fraction of sp³-hybridized carbons (Fsp3) is 0.400. The molecule has 1 aromatic carbocycles. The largest absolute Gasteiger partial charge is 0.497 e. The lowest BCUT2D eigenvalue weighted by atomic mass is 10.0. The van der Waals surface area contributed by atoms with Crippen molar-refractivity contribution in [1.29, 1.82) is 0 Å². The first kappa shape index (κ1) is 14.0. The summed E-state index contributed by atoms with van der Waals surface area (Å²) in [6.07, 6.45) is 4.05. The number of hydrogen-bond acceptors (Lipinski definition) is 4. The van der Waals surface area contributed by atoms with Crippen molar-refractivity contribution in [2.45, 2.75) is 25.8 Å². The monoisotopic (exact) mass is 276 g/mol. The van der Waals surface area contributed by atoms with Gasteiger partial charge in [-0.2, -0.15) is 0 Å². The predicted octanol–water partition coefficient (Wildman–Crippen LogP) is 3.44. The van der Waals surface area contributed by atoms with Crippen molar-refractivity contribution in [1.82, 2.24) is 10.3 Å². The lowest BCUT2D eigenvalue weighted by molar-refractivity contribution is 0.414. The van der Waals surface area contributed by atoms with E-state index in [0.29, 0.717) is 6.04 Å². The molecule has 19 heavy (non-hydrogen) atoms. The minimum absolute atomic E-state index is 0.333. The van der Waals surface area contributed by atoms with Crippen LogP contribution in [0.4, 0.5) is 0 Å². The first-order valence-electron chi connectivity index (χ1n) is 6.58. The molecule has 0 amide bonds. The molecule has 1 unspecified atom stereocenters. The van der Waals surface area contributed by atoms with Gasteiger partial charge in [-0.25, -0.2) is 0 Å². The maximum atomic E-state index is 5.28. The molecule has 0 bridgehead atoms. The van der Waals surface area contributed by atoms with Crippen molar-refractivity contribution >= 4 is 11.3 Å². The number of aromatic nitrogens is 1. The Hall–Kier alpha value is -1.39. The van der Waals surface area contributed by atoms with E-state index in [0.717, 1.165) is 25.1 Å². The normalized spacial score (nSPS) is 12.3. The van der Waals surface area contributed by atoms with Gasteiger partial charge in [0.05, 0.1) is 12.6 Å². The molecule has 4 heteroatoms. The third-order valence-electron chi connectivity index (χ3n) is 3.01. The van der Waals surface area contributed by atoms with E-state index in [9.17, 15) is 0 Å². The van der Waals surface area contributed by atoms with Crippen molar-refractivity contribution in [2.24, 2.45) is 0 Å². The summed E-state index contributed by atoms with van der Waals surface area (Å²) in [5.74, 6) is 0.913. The maximum Gasteiger partial charge on any atom is 0.119 e. The molecule has 1 aromatic heterocycles. The van der Waals surface area contributed by atoms with E-state index >= 15 is 0 Å². The summed E-state index contributed by atoms with van der Waals surface area (Å²) in [6.45, 7) is 3.20. The molecular weight excluding hydrogens is 256 g/mol. The second-order valence-corrected chi connectivity index (χ2v) is 5.38. The van der Waals surface area contributed by atoms with Gasteiger partial charge in [-0.15, -0.1) is 11.3 Å². The van der Waals surface area contributed by atoms with Crippen LogP contribution in [0.3, 0.4) is 0 Å². The highest BCUT2D eigenvalue weighted by Gasteiger charge is 2.13. The van der Waals surface area contributed by atoms with Crippen molar-refractivity contribution < 1.29 is 4.74 Å². The topological polar surface area (TPSA) is 34.1 Å². The van der Waals surface area contributed by atoms with Crippen LogP contribution in [0, 0.1) is 0 Å². The summed E-state index contributed by atoms with van der Waals surface area (Å²) in [4.78, 5) is 5.47. The van der Waals surface area contributed by atoms with Gasteiger partial charge in [0.25, 0.3) is 0 Å².